The van der Waals surface area contributed by atoms with Crippen molar-refractivity contribution in [2.45, 2.75) is 19.4 Å². The van der Waals surface area contributed by atoms with Gasteiger partial charge in [0.15, 0.2) is 0 Å². The van der Waals surface area contributed by atoms with E-state index >= 15 is 0 Å². The highest BCUT2D eigenvalue weighted by molar-refractivity contribution is 6.18. The predicted octanol–water partition coefficient (Wildman–Crippen LogP) is 2.05. The fraction of sp³-hybridized carbons (Fsp3) is 0.500. The number of alkyl halides is 1. The Labute approximate surface area is 66.8 Å². The van der Waals surface area contributed by atoms with E-state index in [-0.39, 0.29) is 5.54 Å². The van der Waals surface area contributed by atoms with Crippen molar-refractivity contribution < 1.29 is 0 Å². The van der Waals surface area contributed by atoms with Crippen LogP contribution in [0.2, 0.25) is 0 Å². The summed E-state index contributed by atoms with van der Waals surface area (Å²) in [6.07, 6.45) is 6.15. The van der Waals surface area contributed by atoms with Gasteiger partial charge in [-0.05, 0) is 19.9 Å². The summed E-state index contributed by atoms with van der Waals surface area (Å²) in [5.74, 6) is 0.606. The first kappa shape index (κ1) is 7.67. The van der Waals surface area contributed by atoms with E-state index in [4.69, 9.17) is 11.6 Å². The van der Waals surface area contributed by atoms with Crippen LogP contribution < -0.4 is 5.32 Å². The van der Waals surface area contributed by atoms with E-state index in [1.807, 2.05) is 19.1 Å². The molecule has 0 radical (unpaired) electrons. The van der Waals surface area contributed by atoms with Crippen molar-refractivity contribution >= 4 is 11.6 Å². The Morgan fingerprint density at radius 2 is 2.40 bits per heavy atom. The Kier molecular flexibility index (Phi) is 2.05. The highest BCUT2D eigenvalue weighted by Gasteiger charge is 2.20. The van der Waals surface area contributed by atoms with Gasteiger partial charge in [-0.25, -0.2) is 0 Å². The fourth-order valence-electron chi connectivity index (χ4n) is 1.02. The van der Waals surface area contributed by atoms with Crippen molar-refractivity contribution in [1.82, 2.24) is 5.32 Å². The zero-order chi connectivity index (χ0) is 7.61. The van der Waals surface area contributed by atoms with Crippen LogP contribution >= 0.6 is 11.6 Å². The molecule has 0 aromatic carbocycles. The molecule has 0 aromatic heterocycles. The van der Waals surface area contributed by atoms with E-state index < -0.39 is 0 Å². The van der Waals surface area contributed by atoms with Crippen LogP contribution in [0.1, 0.15) is 13.8 Å². The lowest BCUT2D eigenvalue weighted by atomic mass is 10.0. The van der Waals surface area contributed by atoms with Gasteiger partial charge >= 0.3 is 0 Å². The number of hydrogen-bond donors (Lipinski definition) is 1. The fourth-order valence-corrected chi connectivity index (χ4v) is 1.17. The SMILES string of the molecule is CC1=CC=CC(C)(CCl)N1. The summed E-state index contributed by atoms with van der Waals surface area (Å²) in [5, 5.41) is 3.28. The van der Waals surface area contributed by atoms with Crippen LogP contribution in [0.5, 0.6) is 0 Å². The van der Waals surface area contributed by atoms with Gasteiger partial charge in [-0.3, -0.25) is 0 Å². The summed E-state index contributed by atoms with van der Waals surface area (Å²) < 4.78 is 0. The first-order valence-corrected chi connectivity index (χ1v) is 3.90. The van der Waals surface area contributed by atoms with Crippen LogP contribution in [0.15, 0.2) is 23.9 Å². The second-order valence-corrected chi connectivity index (χ2v) is 3.15. The lowest BCUT2D eigenvalue weighted by molar-refractivity contribution is 0.531. The van der Waals surface area contributed by atoms with Crippen LogP contribution in [0.25, 0.3) is 0 Å². The Morgan fingerprint density at radius 1 is 1.70 bits per heavy atom. The lowest BCUT2D eigenvalue weighted by Gasteiger charge is -2.28. The quantitative estimate of drug-likeness (QED) is 0.575. The molecule has 0 saturated carbocycles. The van der Waals surface area contributed by atoms with E-state index in [2.05, 4.69) is 18.3 Å². The number of hydrogen-bond acceptors (Lipinski definition) is 1. The number of dihydropyridines is 1. The molecular formula is C8H12ClN. The van der Waals surface area contributed by atoms with Gasteiger partial charge in [0.1, 0.15) is 0 Å². The molecule has 56 valence electrons. The molecule has 2 heteroatoms. The van der Waals surface area contributed by atoms with Crippen molar-refractivity contribution in [3.05, 3.63) is 23.9 Å². The van der Waals surface area contributed by atoms with Crippen LogP contribution in [0, 0.1) is 0 Å². The average Bonchev–Trinajstić information content (AvgIpc) is 1.88. The second-order valence-electron chi connectivity index (χ2n) is 2.88. The normalized spacial score (nSPS) is 31.3. The monoisotopic (exact) mass is 157 g/mol. The standard InChI is InChI=1S/C8H12ClN/c1-7-4-3-5-8(2,6-9)10-7/h3-5,10H,6H2,1-2H3. The molecule has 1 aliphatic rings. The molecule has 10 heavy (non-hydrogen) atoms. The van der Waals surface area contributed by atoms with Crippen molar-refractivity contribution in [3.8, 4) is 0 Å². The van der Waals surface area contributed by atoms with Gasteiger partial charge in [0.2, 0.25) is 0 Å². The smallest absolute Gasteiger partial charge is 0.0663 e. The maximum Gasteiger partial charge on any atom is 0.0663 e. The minimum Gasteiger partial charge on any atom is -0.379 e. The molecule has 1 nitrogen and oxygen atoms in total. The van der Waals surface area contributed by atoms with E-state index in [1.54, 1.807) is 0 Å². The highest BCUT2D eigenvalue weighted by Crippen LogP contribution is 2.14. The maximum atomic E-state index is 5.75. The summed E-state index contributed by atoms with van der Waals surface area (Å²) >= 11 is 5.75. The van der Waals surface area contributed by atoms with Crippen LogP contribution in [0.4, 0.5) is 0 Å². The van der Waals surface area contributed by atoms with Crippen molar-refractivity contribution in [1.29, 1.82) is 0 Å². The third-order valence-electron chi connectivity index (χ3n) is 1.57. The second kappa shape index (κ2) is 2.67. The largest absolute Gasteiger partial charge is 0.379 e. The number of nitrogens with one attached hydrogen (secondary N) is 1. The third-order valence-corrected chi connectivity index (χ3v) is 2.13. The summed E-state index contributed by atoms with van der Waals surface area (Å²) in [6, 6.07) is 0. The summed E-state index contributed by atoms with van der Waals surface area (Å²) in [7, 11) is 0. The molecule has 1 heterocycles. The molecule has 0 aromatic rings. The number of halogens is 1. The molecule has 0 fully saturated rings. The molecule has 0 saturated heterocycles. The van der Waals surface area contributed by atoms with E-state index in [1.165, 1.54) is 5.70 Å². The van der Waals surface area contributed by atoms with Gasteiger partial charge in [-0.2, -0.15) is 0 Å². The molecule has 0 aliphatic carbocycles. The van der Waals surface area contributed by atoms with Crippen molar-refractivity contribution in [3.63, 3.8) is 0 Å². The summed E-state index contributed by atoms with van der Waals surface area (Å²) in [4.78, 5) is 0. The van der Waals surface area contributed by atoms with Gasteiger partial charge in [-0.1, -0.05) is 12.2 Å². The Bertz CT molecular complexity index is 184. The zero-order valence-electron chi connectivity index (χ0n) is 6.32. The summed E-state index contributed by atoms with van der Waals surface area (Å²) in [6.45, 7) is 4.11. The molecule has 0 bridgehead atoms. The third kappa shape index (κ3) is 1.54. The first-order chi connectivity index (χ1) is 4.66. The van der Waals surface area contributed by atoms with Crippen LogP contribution in [-0.4, -0.2) is 11.4 Å². The predicted molar refractivity (Wildman–Crippen MR) is 45.2 cm³/mol. The molecule has 1 rings (SSSR count). The number of rotatable bonds is 1. The van der Waals surface area contributed by atoms with Crippen molar-refractivity contribution in [2.24, 2.45) is 0 Å². The average molecular weight is 158 g/mol. The molecular weight excluding hydrogens is 146 g/mol. The topological polar surface area (TPSA) is 12.0 Å². The van der Waals surface area contributed by atoms with Gasteiger partial charge in [0.25, 0.3) is 0 Å². The zero-order valence-corrected chi connectivity index (χ0v) is 7.07. The maximum absolute atomic E-state index is 5.75. The number of allylic oxidation sites excluding steroid dienone is 3. The molecule has 1 N–H and O–H groups in total. The van der Waals surface area contributed by atoms with E-state index in [0.29, 0.717) is 5.88 Å². The highest BCUT2D eigenvalue weighted by atomic mass is 35.5. The Balaban J connectivity index is 2.71. The van der Waals surface area contributed by atoms with Crippen LogP contribution in [-0.2, 0) is 0 Å². The molecule has 1 aliphatic heterocycles. The minimum atomic E-state index is -0.0413. The minimum absolute atomic E-state index is 0.0413. The summed E-state index contributed by atoms with van der Waals surface area (Å²) in [5.41, 5.74) is 1.13. The Hall–Kier alpha value is -0.430. The molecule has 0 spiro atoms. The van der Waals surface area contributed by atoms with Crippen LogP contribution in [0.3, 0.4) is 0 Å². The van der Waals surface area contributed by atoms with Gasteiger partial charge in [0.05, 0.1) is 5.54 Å². The van der Waals surface area contributed by atoms with Gasteiger partial charge in [-0.15, -0.1) is 11.6 Å². The first-order valence-electron chi connectivity index (χ1n) is 3.36. The van der Waals surface area contributed by atoms with E-state index in [9.17, 15) is 0 Å². The lowest BCUT2D eigenvalue weighted by Crippen LogP contribution is -2.42. The van der Waals surface area contributed by atoms with Gasteiger partial charge in [0, 0.05) is 11.6 Å². The van der Waals surface area contributed by atoms with Gasteiger partial charge < -0.3 is 5.32 Å². The van der Waals surface area contributed by atoms with E-state index in [0.717, 1.165) is 0 Å². The molecule has 1 atom stereocenters. The molecule has 0 amide bonds. The molecule has 1 unspecified atom stereocenters. The Morgan fingerprint density at radius 3 is 2.80 bits per heavy atom. The van der Waals surface area contributed by atoms with Crippen molar-refractivity contribution in [2.75, 3.05) is 5.88 Å².